The van der Waals surface area contributed by atoms with E-state index >= 15 is 0 Å². The molecule has 0 unspecified atom stereocenters. The van der Waals surface area contributed by atoms with E-state index in [2.05, 4.69) is 24.1 Å². The van der Waals surface area contributed by atoms with E-state index in [4.69, 9.17) is 20.1 Å². The van der Waals surface area contributed by atoms with Gasteiger partial charge >= 0.3 is 0 Å². The number of rotatable bonds is 7. The predicted molar refractivity (Wildman–Crippen MR) is 95.7 cm³/mol. The summed E-state index contributed by atoms with van der Waals surface area (Å²) < 4.78 is 5.39. The third-order valence-corrected chi connectivity index (χ3v) is 3.84. The van der Waals surface area contributed by atoms with Crippen molar-refractivity contribution in [3.8, 4) is 11.3 Å². The van der Waals surface area contributed by atoms with E-state index < -0.39 is 0 Å². The minimum atomic E-state index is 0.550. The highest BCUT2D eigenvalue weighted by atomic mass is 16.3. The van der Waals surface area contributed by atoms with Gasteiger partial charge in [-0.2, -0.15) is 0 Å². The maximum Gasteiger partial charge on any atom is 0.181 e. The molecule has 0 aliphatic rings. The quantitative estimate of drug-likeness (QED) is 0.693. The average molecular weight is 325 g/mol. The van der Waals surface area contributed by atoms with Crippen LogP contribution in [0.5, 0.6) is 0 Å². The van der Waals surface area contributed by atoms with Crippen LogP contribution in [0.25, 0.3) is 22.2 Å². The number of hydrogen-bond donors (Lipinski definition) is 2. The van der Waals surface area contributed by atoms with Crippen molar-refractivity contribution in [2.45, 2.75) is 26.7 Å². The van der Waals surface area contributed by atoms with Crippen LogP contribution in [0.3, 0.4) is 0 Å². The molecule has 6 heteroatoms. The summed E-state index contributed by atoms with van der Waals surface area (Å²) in [6, 6.07) is 6.02. The Balaban J connectivity index is 2.02. The first-order valence-electron chi connectivity index (χ1n) is 8.31. The van der Waals surface area contributed by atoms with E-state index in [-0.39, 0.29) is 0 Å². The number of nitrogens with one attached hydrogen (secondary N) is 1. The number of benzene rings is 1. The van der Waals surface area contributed by atoms with Gasteiger partial charge in [-0.25, -0.2) is 15.0 Å². The van der Waals surface area contributed by atoms with Crippen molar-refractivity contribution in [3.05, 3.63) is 36.6 Å². The molecule has 0 atom stereocenters. The smallest absolute Gasteiger partial charge is 0.181 e. The lowest BCUT2D eigenvalue weighted by Crippen LogP contribution is -2.15. The largest absolute Gasteiger partial charge is 0.444 e. The normalized spacial score (nSPS) is 11.3. The lowest BCUT2D eigenvalue weighted by atomic mass is 10.1. The Morgan fingerprint density at radius 1 is 1.25 bits per heavy atom. The number of nitrogens with zero attached hydrogens (tertiary/aromatic N) is 3. The molecule has 0 aliphatic heterocycles. The second-order valence-electron chi connectivity index (χ2n) is 6.23. The molecule has 0 spiro atoms. The summed E-state index contributed by atoms with van der Waals surface area (Å²) in [5, 5.41) is 4.28. The highest BCUT2D eigenvalue weighted by Gasteiger charge is 2.11. The molecule has 0 bridgehead atoms. The fourth-order valence-corrected chi connectivity index (χ4v) is 2.54. The molecule has 0 fully saturated rings. The number of nitrogens with two attached hydrogens (primary N) is 1. The summed E-state index contributed by atoms with van der Waals surface area (Å²) in [6.07, 6.45) is 5.07. The predicted octanol–water partition coefficient (Wildman–Crippen LogP) is 3.24. The van der Waals surface area contributed by atoms with Gasteiger partial charge in [0.05, 0.1) is 11.7 Å². The monoisotopic (exact) mass is 325 g/mol. The molecule has 3 N–H and O–H groups in total. The van der Waals surface area contributed by atoms with Gasteiger partial charge in [-0.1, -0.05) is 13.8 Å². The second-order valence-corrected chi connectivity index (χ2v) is 6.23. The summed E-state index contributed by atoms with van der Waals surface area (Å²) in [7, 11) is 0. The lowest BCUT2D eigenvalue weighted by Gasteiger charge is -2.12. The summed E-state index contributed by atoms with van der Waals surface area (Å²) in [4.78, 5) is 13.4. The van der Waals surface area contributed by atoms with Crippen LogP contribution in [0, 0.1) is 5.92 Å². The maximum absolute atomic E-state index is 5.63. The number of fused-ring (bicyclic) bond motifs is 1. The Morgan fingerprint density at radius 2 is 2.12 bits per heavy atom. The Hall–Kier alpha value is -2.47. The number of anilines is 1. The van der Waals surface area contributed by atoms with Gasteiger partial charge in [-0.05, 0) is 30.5 Å². The van der Waals surface area contributed by atoms with E-state index in [0.29, 0.717) is 19.0 Å². The molecule has 2 heterocycles. The molecule has 24 heavy (non-hydrogen) atoms. The van der Waals surface area contributed by atoms with Crippen molar-refractivity contribution in [3.63, 3.8) is 0 Å². The third kappa shape index (κ3) is 3.71. The molecule has 6 nitrogen and oxygen atoms in total. The molecule has 0 amide bonds. The number of hydrogen-bond acceptors (Lipinski definition) is 6. The molecule has 3 rings (SSSR count). The van der Waals surface area contributed by atoms with Crippen LogP contribution >= 0.6 is 0 Å². The standard InChI is InChI=1S/C18H23N5O/c1-12(2)3-6-17-22-15-5-4-13(16-10-20-11-24-16)9-14(15)18(23-17)21-8-7-19/h4-5,9-12H,3,6-8,19H2,1-2H3,(H,21,22,23). The Labute approximate surface area is 141 Å². The van der Waals surface area contributed by atoms with E-state index in [1.807, 2.05) is 18.2 Å². The van der Waals surface area contributed by atoms with E-state index in [1.165, 1.54) is 6.39 Å². The van der Waals surface area contributed by atoms with Crippen molar-refractivity contribution < 1.29 is 4.42 Å². The Kier molecular flexibility index (Phi) is 5.05. The van der Waals surface area contributed by atoms with Crippen molar-refractivity contribution >= 4 is 16.7 Å². The van der Waals surface area contributed by atoms with Crippen LogP contribution in [0.1, 0.15) is 26.1 Å². The number of aromatic nitrogens is 3. The maximum atomic E-state index is 5.63. The van der Waals surface area contributed by atoms with E-state index in [0.717, 1.165) is 46.7 Å². The van der Waals surface area contributed by atoms with E-state index in [9.17, 15) is 0 Å². The highest BCUT2D eigenvalue weighted by molar-refractivity contribution is 5.92. The fourth-order valence-electron chi connectivity index (χ4n) is 2.54. The first-order chi connectivity index (χ1) is 11.7. The summed E-state index contributed by atoms with van der Waals surface area (Å²) >= 11 is 0. The zero-order valence-corrected chi connectivity index (χ0v) is 14.1. The highest BCUT2D eigenvalue weighted by Crippen LogP contribution is 2.27. The first kappa shape index (κ1) is 16.4. The van der Waals surface area contributed by atoms with Crippen molar-refractivity contribution in [2.75, 3.05) is 18.4 Å². The zero-order chi connectivity index (χ0) is 16.9. The first-order valence-corrected chi connectivity index (χ1v) is 8.31. The van der Waals surface area contributed by atoms with Gasteiger partial charge in [-0.15, -0.1) is 0 Å². The van der Waals surface area contributed by atoms with Crippen molar-refractivity contribution in [1.29, 1.82) is 0 Å². The molecule has 0 radical (unpaired) electrons. The molecule has 3 aromatic rings. The zero-order valence-electron chi connectivity index (χ0n) is 14.1. The van der Waals surface area contributed by atoms with Gasteiger partial charge < -0.3 is 15.5 Å². The fraction of sp³-hybridized carbons (Fsp3) is 0.389. The lowest BCUT2D eigenvalue weighted by molar-refractivity contribution is 0.572. The minimum absolute atomic E-state index is 0.550. The van der Waals surface area contributed by atoms with Crippen LogP contribution in [-0.4, -0.2) is 28.0 Å². The van der Waals surface area contributed by atoms with Crippen molar-refractivity contribution in [1.82, 2.24) is 15.0 Å². The third-order valence-electron chi connectivity index (χ3n) is 3.84. The van der Waals surface area contributed by atoms with Gasteiger partial charge in [0.1, 0.15) is 11.6 Å². The summed E-state index contributed by atoms with van der Waals surface area (Å²) in [5.74, 6) is 3.04. The molecule has 0 saturated carbocycles. The number of oxazole rings is 1. The molecule has 0 saturated heterocycles. The molecule has 2 aromatic heterocycles. The summed E-state index contributed by atoms with van der Waals surface area (Å²) in [5.41, 5.74) is 7.51. The average Bonchev–Trinajstić information content (AvgIpc) is 3.12. The second kappa shape index (κ2) is 7.40. The Morgan fingerprint density at radius 3 is 2.83 bits per heavy atom. The number of aryl methyl sites for hydroxylation is 1. The van der Waals surface area contributed by atoms with Gasteiger partial charge in [0, 0.05) is 30.5 Å². The molecule has 0 aliphatic carbocycles. The van der Waals surface area contributed by atoms with E-state index in [1.54, 1.807) is 6.20 Å². The van der Waals surface area contributed by atoms with Gasteiger partial charge in [0.25, 0.3) is 0 Å². The topological polar surface area (TPSA) is 89.9 Å². The van der Waals surface area contributed by atoms with Gasteiger partial charge in [0.15, 0.2) is 12.2 Å². The van der Waals surface area contributed by atoms with Crippen LogP contribution in [0.4, 0.5) is 5.82 Å². The van der Waals surface area contributed by atoms with Gasteiger partial charge in [-0.3, -0.25) is 0 Å². The Bertz CT molecular complexity index is 799. The van der Waals surface area contributed by atoms with Crippen LogP contribution in [0.2, 0.25) is 0 Å². The molecule has 1 aromatic carbocycles. The van der Waals surface area contributed by atoms with Crippen LogP contribution < -0.4 is 11.1 Å². The van der Waals surface area contributed by atoms with Crippen molar-refractivity contribution in [2.24, 2.45) is 11.7 Å². The SMILES string of the molecule is CC(C)CCc1nc(NCCN)c2cc(-c3cnco3)ccc2n1. The van der Waals surface area contributed by atoms with Gasteiger partial charge in [0.2, 0.25) is 0 Å². The molecule has 126 valence electrons. The van der Waals surface area contributed by atoms with Crippen LogP contribution in [-0.2, 0) is 6.42 Å². The van der Waals surface area contributed by atoms with Crippen LogP contribution in [0.15, 0.2) is 35.2 Å². The summed E-state index contributed by atoms with van der Waals surface area (Å²) in [6.45, 7) is 5.63. The molecular weight excluding hydrogens is 302 g/mol. The minimum Gasteiger partial charge on any atom is -0.444 e. The molecular formula is C18H23N5O.